The second-order valence-electron chi connectivity index (χ2n) is 8.23. The largest absolute Gasteiger partial charge is 0.497 e. The smallest absolute Gasteiger partial charge is 0.242 e. The van der Waals surface area contributed by atoms with Gasteiger partial charge in [-0.2, -0.15) is 0 Å². The summed E-state index contributed by atoms with van der Waals surface area (Å²) in [5.74, 6) is 0.395. The Balaban J connectivity index is 1.81. The maximum atomic E-state index is 13.5. The van der Waals surface area contributed by atoms with E-state index in [2.05, 4.69) is 5.32 Å². The van der Waals surface area contributed by atoms with E-state index in [1.165, 1.54) is 0 Å². The summed E-state index contributed by atoms with van der Waals surface area (Å²) in [6.45, 7) is 5.86. The zero-order valence-electron chi connectivity index (χ0n) is 16.9. The highest BCUT2D eigenvalue weighted by atomic mass is 32.2. The molecule has 1 N–H and O–H groups in total. The number of amides is 1. The van der Waals surface area contributed by atoms with Crippen LogP contribution >= 0.6 is 0 Å². The van der Waals surface area contributed by atoms with Crippen LogP contribution in [0.3, 0.4) is 0 Å². The second-order valence-corrected chi connectivity index (χ2v) is 10.3. The summed E-state index contributed by atoms with van der Waals surface area (Å²) < 4.78 is 38.3. The molecule has 0 aliphatic carbocycles. The zero-order chi connectivity index (χ0) is 21.0. The molecule has 0 aromatic heterocycles. The van der Waals surface area contributed by atoms with Crippen LogP contribution in [0.5, 0.6) is 11.5 Å². The van der Waals surface area contributed by atoms with Crippen molar-refractivity contribution < 1.29 is 22.7 Å². The lowest BCUT2D eigenvalue weighted by Gasteiger charge is -2.46. The van der Waals surface area contributed by atoms with Crippen molar-refractivity contribution in [3.8, 4) is 11.5 Å². The Labute approximate surface area is 171 Å². The average Bonchev–Trinajstić information content (AvgIpc) is 2.66. The maximum Gasteiger partial charge on any atom is 0.242 e. The first kappa shape index (κ1) is 19.8. The molecule has 2 aromatic carbocycles. The third kappa shape index (κ3) is 3.27. The first-order valence-electron chi connectivity index (χ1n) is 9.67. The van der Waals surface area contributed by atoms with E-state index in [-0.39, 0.29) is 4.90 Å². The Hall–Kier alpha value is -2.54. The Morgan fingerprint density at radius 2 is 1.86 bits per heavy atom. The van der Waals surface area contributed by atoms with Crippen LogP contribution in [0.2, 0.25) is 0 Å². The van der Waals surface area contributed by atoms with Crippen LogP contribution < -0.4 is 14.8 Å². The van der Waals surface area contributed by atoms with Gasteiger partial charge in [0.1, 0.15) is 11.5 Å². The molecule has 2 aliphatic rings. The van der Waals surface area contributed by atoms with E-state index >= 15 is 0 Å². The molecule has 2 heterocycles. The van der Waals surface area contributed by atoms with Crippen molar-refractivity contribution in [2.75, 3.05) is 7.11 Å². The van der Waals surface area contributed by atoms with Crippen molar-refractivity contribution in [2.45, 2.75) is 54.9 Å². The molecule has 2 bridgehead atoms. The summed E-state index contributed by atoms with van der Waals surface area (Å²) in [5.41, 5.74) is 0.798. The van der Waals surface area contributed by atoms with Crippen molar-refractivity contribution in [1.82, 2.24) is 5.32 Å². The number of benzene rings is 2. The Morgan fingerprint density at radius 1 is 1.17 bits per heavy atom. The van der Waals surface area contributed by atoms with E-state index in [0.717, 1.165) is 5.56 Å². The molecule has 29 heavy (non-hydrogen) atoms. The van der Waals surface area contributed by atoms with Crippen LogP contribution in [0, 0.1) is 0 Å². The third-order valence-corrected chi connectivity index (χ3v) is 7.92. The monoisotopic (exact) mass is 415 g/mol. The van der Waals surface area contributed by atoms with Crippen molar-refractivity contribution >= 4 is 15.7 Å². The van der Waals surface area contributed by atoms with Crippen LogP contribution in [0.4, 0.5) is 0 Å². The van der Waals surface area contributed by atoms with Crippen molar-refractivity contribution in [3.63, 3.8) is 0 Å². The van der Waals surface area contributed by atoms with E-state index in [0.29, 0.717) is 29.4 Å². The number of fused-ring (bicyclic) bond motifs is 4. The number of carbonyl (C=O) groups is 1. The molecule has 0 spiro atoms. The predicted molar refractivity (Wildman–Crippen MR) is 109 cm³/mol. The number of methoxy groups -OCH3 is 1. The highest BCUT2D eigenvalue weighted by Crippen LogP contribution is 2.48. The van der Waals surface area contributed by atoms with Crippen LogP contribution in [0.1, 0.15) is 50.2 Å². The van der Waals surface area contributed by atoms with Gasteiger partial charge in [0.05, 0.1) is 12.0 Å². The van der Waals surface area contributed by atoms with Crippen LogP contribution in [-0.4, -0.2) is 32.4 Å². The Kier molecular flexibility index (Phi) is 4.61. The van der Waals surface area contributed by atoms with Crippen molar-refractivity contribution in [2.24, 2.45) is 0 Å². The van der Waals surface area contributed by atoms with E-state index in [1.54, 1.807) is 44.4 Å². The number of carbonyl (C=O) groups excluding carboxylic acids is 1. The summed E-state index contributed by atoms with van der Waals surface area (Å²) in [5, 5.41) is 1.55. The molecule has 0 radical (unpaired) electrons. The van der Waals surface area contributed by atoms with Gasteiger partial charge in [-0.15, -0.1) is 0 Å². The highest BCUT2D eigenvalue weighted by molar-refractivity contribution is 7.92. The first-order chi connectivity index (χ1) is 13.6. The summed E-state index contributed by atoms with van der Waals surface area (Å²) >= 11 is 0. The Bertz CT molecular complexity index is 1060. The molecule has 1 saturated heterocycles. The maximum absolute atomic E-state index is 13.5. The zero-order valence-corrected chi connectivity index (χ0v) is 17.7. The summed E-state index contributed by atoms with van der Waals surface area (Å²) in [6, 6.07) is 12.1. The minimum Gasteiger partial charge on any atom is -0.497 e. The first-order valence-corrected chi connectivity index (χ1v) is 11.2. The molecule has 1 fully saturated rings. The second kappa shape index (κ2) is 6.76. The van der Waals surface area contributed by atoms with Gasteiger partial charge in [-0.05, 0) is 48.7 Å². The van der Waals surface area contributed by atoms with E-state index in [1.807, 2.05) is 26.0 Å². The fourth-order valence-electron chi connectivity index (χ4n) is 4.26. The summed E-state index contributed by atoms with van der Waals surface area (Å²) in [7, 11) is -2.35. The Morgan fingerprint density at radius 3 is 2.48 bits per heavy atom. The minimum absolute atomic E-state index is 0.154. The normalized spacial score (nSPS) is 25.8. The minimum atomic E-state index is -3.90. The van der Waals surface area contributed by atoms with Gasteiger partial charge in [0.25, 0.3) is 0 Å². The van der Waals surface area contributed by atoms with Crippen molar-refractivity contribution in [1.29, 1.82) is 0 Å². The molecule has 0 saturated carbocycles. The lowest BCUT2D eigenvalue weighted by molar-refractivity contribution is -0.132. The number of ether oxygens (including phenoxy) is 2. The number of nitrogens with one attached hydrogen (secondary N) is 1. The molecule has 154 valence electrons. The number of sulfone groups is 1. The molecule has 1 amide bonds. The number of rotatable bonds is 4. The SMILES string of the molecule is COc1ccc2c(c1)[C@H]1C[C@@](C)(NC(=O)[C@@H]1S(=O)(=O)c1ccc(C(C)C)cc1)O2. The topological polar surface area (TPSA) is 81.7 Å². The highest BCUT2D eigenvalue weighted by Gasteiger charge is 2.54. The molecule has 3 atom stereocenters. The molecule has 0 unspecified atom stereocenters. The van der Waals surface area contributed by atoms with Crippen molar-refractivity contribution in [3.05, 3.63) is 53.6 Å². The molecular formula is C22H25NO5S. The van der Waals surface area contributed by atoms with Gasteiger partial charge >= 0.3 is 0 Å². The summed E-state index contributed by atoms with van der Waals surface area (Å²) in [6.07, 6.45) is 0.368. The van der Waals surface area contributed by atoms with Crippen LogP contribution in [-0.2, 0) is 14.6 Å². The molecule has 4 rings (SSSR count). The van der Waals surface area contributed by atoms with E-state index < -0.39 is 32.6 Å². The molecule has 2 aromatic rings. The number of piperidine rings is 1. The number of hydrogen-bond acceptors (Lipinski definition) is 5. The lowest BCUT2D eigenvalue weighted by Crippen LogP contribution is -2.63. The van der Waals surface area contributed by atoms with Gasteiger partial charge in [0.2, 0.25) is 5.91 Å². The quantitative estimate of drug-likeness (QED) is 0.828. The molecular weight excluding hydrogens is 390 g/mol. The van der Waals surface area contributed by atoms with Crippen LogP contribution in [0.25, 0.3) is 0 Å². The van der Waals surface area contributed by atoms with Gasteiger partial charge in [-0.1, -0.05) is 26.0 Å². The molecule has 6 nitrogen and oxygen atoms in total. The third-order valence-electron chi connectivity index (χ3n) is 5.78. The van der Waals surface area contributed by atoms with Gasteiger partial charge < -0.3 is 14.8 Å². The van der Waals surface area contributed by atoms with E-state index in [9.17, 15) is 13.2 Å². The fraction of sp³-hybridized carbons (Fsp3) is 0.409. The molecule has 7 heteroatoms. The summed E-state index contributed by atoms with van der Waals surface area (Å²) in [4.78, 5) is 13.1. The predicted octanol–water partition coefficient (Wildman–Crippen LogP) is 3.37. The van der Waals surface area contributed by atoms with Gasteiger partial charge in [0, 0.05) is 17.9 Å². The standard InChI is InChI=1S/C22H25NO5S/c1-13(2)14-5-8-16(9-6-14)29(25,26)20-18-12-22(3,23-21(20)24)28-19-10-7-15(27-4)11-17(18)19/h5-11,13,18,20H,12H2,1-4H3,(H,23,24)/t18-,20-,22+/m1/s1. The fourth-order valence-corrected chi connectivity index (χ4v) is 6.08. The van der Waals surface area contributed by atoms with Crippen LogP contribution in [0.15, 0.2) is 47.4 Å². The lowest BCUT2D eigenvalue weighted by atomic mass is 9.81. The van der Waals surface area contributed by atoms with Gasteiger partial charge in [-0.25, -0.2) is 8.42 Å². The molecule has 2 aliphatic heterocycles. The van der Waals surface area contributed by atoms with Gasteiger partial charge in [0.15, 0.2) is 20.8 Å². The van der Waals surface area contributed by atoms with E-state index in [4.69, 9.17) is 9.47 Å². The number of hydrogen-bond donors (Lipinski definition) is 1. The van der Waals surface area contributed by atoms with Gasteiger partial charge in [-0.3, -0.25) is 4.79 Å². The average molecular weight is 416 g/mol.